The molecule has 0 spiro atoms. The largest absolute Gasteiger partial charge is 0.454 e. The maximum atomic E-state index is 13.7. The predicted octanol–water partition coefficient (Wildman–Crippen LogP) is 4.33. The number of nitrogens with one attached hydrogen (secondary N) is 1. The zero-order chi connectivity index (χ0) is 25.8. The minimum Gasteiger partial charge on any atom is -0.454 e. The van der Waals surface area contributed by atoms with Gasteiger partial charge in [0.15, 0.2) is 12.1 Å². The molecule has 3 aliphatic heterocycles. The summed E-state index contributed by atoms with van der Waals surface area (Å²) in [5, 5.41) is 2.73. The first-order valence-electron chi connectivity index (χ1n) is 12.7. The maximum Gasteiger partial charge on any atom is 0.333 e. The van der Waals surface area contributed by atoms with Gasteiger partial charge in [-0.25, -0.2) is 9.18 Å². The molecule has 3 aromatic carbocycles. The number of fused-ring (bicyclic) bond motifs is 3. The number of hydrogen-bond acceptors (Lipinski definition) is 4. The Kier molecular flexibility index (Phi) is 7.15. The van der Waals surface area contributed by atoms with Crippen LogP contribution in [0.2, 0.25) is 0 Å². The van der Waals surface area contributed by atoms with Crippen LogP contribution in [0.1, 0.15) is 45.2 Å². The summed E-state index contributed by atoms with van der Waals surface area (Å²) in [6.45, 7) is 2.73. The van der Waals surface area contributed by atoms with Crippen LogP contribution in [0.3, 0.4) is 0 Å². The summed E-state index contributed by atoms with van der Waals surface area (Å²) in [4.78, 5) is 39.4. The van der Waals surface area contributed by atoms with Gasteiger partial charge in [-0.15, -0.1) is 0 Å². The molecule has 0 aliphatic carbocycles. The summed E-state index contributed by atoms with van der Waals surface area (Å²) < 4.78 is 20.3. The normalized spacial score (nSPS) is 23.2. The average Bonchev–Trinajstić information content (AvgIpc) is 2.93. The number of hydrogen-bond donors (Lipinski definition) is 1. The first-order chi connectivity index (χ1) is 17.9. The van der Waals surface area contributed by atoms with Crippen molar-refractivity contribution in [2.24, 2.45) is 5.92 Å². The number of benzene rings is 3. The maximum absolute atomic E-state index is 13.7. The van der Waals surface area contributed by atoms with E-state index in [-0.39, 0.29) is 23.4 Å². The molecule has 3 heterocycles. The van der Waals surface area contributed by atoms with Crippen LogP contribution in [0, 0.1) is 11.7 Å². The van der Waals surface area contributed by atoms with E-state index in [1.165, 1.54) is 18.2 Å². The van der Waals surface area contributed by atoms with Crippen molar-refractivity contribution in [1.82, 2.24) is 5.32 Å². The molecule has 6 rings (SSSR count). The summed E-state index contributed by atoms with van der Waals surface area (Å²) in [7, 11) is 0. The first-order valence-corrected chi connectivity index (χ1v) is 12.7. The Hall–Kier alpha value is -3.84. The van der Waals surface area contributed by atoms with Gasteiger partial charge in [0.25, 0.3) is 5.91 Å². The molecular weight excluding hydrogens is 471 g/mol. The van der Waals surface area contributed by atoms with E-state index in [0.29, 0.717) is 28.7 Å². The lowest BCUT2D eigenvalue weighted by atomic mass is 9.82. The highest BCUT2D eigenvalue weighted by atomic mass is 19.1. The van der Waals surface area contributed by atoms with Gasteiger partial charge in [0.2, 0.25) is 5.78 Å². The average molecular weight is 502 g/mol. The van der Waals surface area contributed by atoms with Crippen molar-refractivity contribution in [1.29, 1.82) is 0 Å². The van der Waals surface area contributed by atoms with E-state index in [2.05, 4.69) is 5.32 Å². The van der Waals surface area contributed by atoms with Crippen molar-refractivity contribution in [3.8, 4) is 0 Å². The van der Waals surface area contributed by atoms with Crippen molar-refractivity contribution in [3.05, 3.63) is 107 Å². The summed E-state index contributed by atoms with van der Waals surface area (Å²) in [5.41, 5.74) is 1.41. The number of ketones is 1. The zero-order valence-corrected chi connectivity index (χ0v) is 20.5. The molecule has 1 amide bonds. The number of Topliss-reactive ketones (excluding diaryl/α,β-unsaturated/α-hetero) is 1. The number of carbonyl (C=O) groups excluding carboxylic acids is 3. The van der Waals surface area contributed by atoms with Crippen LogP contribution in [0.15, 0.2) is 84.9 Å². The predicted molar refractivity (Wildman–Crippen MR) is 136 cm³/mol. The monoisotopic (exact) mass is 501 g/mol. The topological polar surface area (TPSA) is 72.5 Å². The molecule has 2 atom stereocenters. The number of ether oxygens (including phenoxy) is 1. The molecule has 3 aromatic rings. The molecule has 6 nitrogen and oxygen atoms in total. The van der Waals surface area contributed by atoms with Crippen molar-refractivity contribution in [2.75, 3.05) is 26.2 Å². The van der Waals surface area contributed by atoms with E-state index in [4.69, 9.17) is 4.74 Å². The third kappa shape index (κ3) is 5.62. The number of amides is 1. The Balaban J connectivity index is 1.31. The van der Waals surface area contributed by atoms with Gasteiger partial charge in [0.1, 0.15) is 18.9 Å². The molecule has 2 bridgehead atoms. The number of piperidine rings is 3. The van der Waals surface area contributed by atoms with Gasteiger partial charge in [0.05, 0.1) is 13.1 Å². The van der Waals surface area contributed by atoms with Crippen LogP contribution < -0.4 is 5.32 Å². The highest BCUT2D eigenvalue weighted by Crippen LogP contribution is 2.36. The summed E-state index contributed by atoms with van der Waals surface area (Å²) in [6.07, 6.45) is 1.42. The minimum atomic E-state index is -1.04. The van der Waals surface area contributed by atoms with Gasteiger partial charge in [-0.3, -0.25) is 9.59 Å². The molecule has 0 aromatic heterocycles. The number of rotatable bonds is 8. The van der Waals surface area contributed by atoms with E-state index in [9.17, 15) is 18.8 Å². The Bertz CT molecular complexity index is 1270. The minimum absolute atomic E-state index is 0.0931. The van der Waals surface area contributed by atoms with Crippen LogP contribution in [0.4, 0.5) is 4.39 Å². The lowest BCUT2D eigenvalue weighted by Crippen LogP contribution is -2.66. The second kappa shape index (κ2) is 10.6. The third-order valence-corrected chi connectivity index (χ3v) is 7.61. The molecule has 7 heteroatoms. The van der Waals surface area contributed by atoms with Crippen LogP contribution in [0.5, 0.6) is 0 Å². The van der Waals surface area contributed by atoms with E-state index in [1.54, 1.807) is 24.3 Å². The molecule has 37 heavy (non-hydrogen) atoms. The van der Waals surface area contributed by atoms with Gasteiger partial charge in [-0.1, -0.05) is 66.7 Å². The number of halogens is 1. The van der Waals surface area contributed by atoms with E-state index >= 15 is 0 Å². The van der Waals surface area contributed by atoms with E-state index in [1.807, 2.05) is 36.4 Å². The number of carbonyl (C=O) groups is 3. The van der Waals surface area contributed by atoms with Crippen molar-refractivity contribution in [3.63, 3.8) is 0 Å². The smallest absolute Gasteiger partial charge is 0.333 e. The number of esters is 1. The highest BCUT2D eigenvalue weighted by molar-refractivity contribution is 5.97. The molecule has 1 N–H and O–H groups in total. The molecule has 3 saturated heterocycles. The van der Waals surface area contributed by atoms with Crippen LogP contribution in [-0.2, 0) is 9.53 Å². The fraction of sp³-hybridized carbons (Fsp3) is 0.300. The summed E-state index contributed by atoms with van der Waals surface area (Å²) >= 11 is 0. The fourth-order valence-electron chi connectivity index (χ4n) is 5.58. The number of quaternary nitrogens is 1. The Labute approximate surface area is 215 Å². The van der Waals surface area contributed by atoms with E-state index < -0.39 is 23.7 Å². The Morgan fingerprint density at radius 3 is 2.22 bits per heavy atom. The quantitative estimate of drug-likeness (QED) is 0.283. The van der Waals surface area contributed by atoms with Crippen molar-refractivity contribution >= 4 is 17.7 Å². The number of nitrogens with zero attached hydrogens (tertiary/aromatic N) is 1. The first kappa shape index (κ1) is 24.8. The zero-order valence-electron chi connectivity index (χ0n) is 20.5. The van der Waals surface area contributed by atoms with Crippen LogP contribution >= 0.6 is 0 Å². The molecule has 0 radical (unpaired) electrons. The molecule has 3 fully saturated rings. The molecule has 0 saturated carbocycles. The SMILES string of the molecule is O=C(C[N+]12CCC(CC1)[C@@H](OC(=O)C(NC(=O)c1cccc(F)c1)c1ccccc1)C2)c1ccccc1. The second-order valence-corrected chi connectivity index (χ2v) is 10.1. The van der Waals surface area contributed by atoms with Gasteiger partial charge in [0, 0.05) is 29.9 Å². The molecular formula is C30H30FN2O4+. The fourth-order valence-corrected chi connectivity index (χ4v) is 5.58. The summed E-state index contributed by atoms with van der Waals surface area (Å²) in [5.74, 6) is -1.32. The van der Waals surface area contributed by atoms with Gasteiger partial charge in [-0.2, -0.15) is 0 Å². The molecule has 3 aliphatic rings. The second-order valence-electron chi connectivity index (χ2n) is 10.1. The van der Waals surface area contributed by atoms with Crippen LogP contribution in [0.25, 0.3) is 0 Å². The van der Waals surface area contributed by atoms with Gasteiger partial charge >= 0.3 is 5.97 Å². The third-order valence-electron chi connectivity index (χ3n) is 7.61. The summed E-state index contributed by atoms with van der Waals surface area (Å²) in [6, 6.07) is 22.5. The Morgan fingerprint density at radius 1 is 0.892 bits per heavy atom. The van der Waals surface area contributed by atoms with Crippen LogP contribution in [-0.4, -0.2) is 54.4 Å². The lowest BCUT2D eigenvalue weighted by Gasteiger charge is -2.51. The molecule has 1 unspecified atom stereocenters. The Morgan fingerprint density at radius 2 is 1.54 bits per heavy atom. The lowest BCUT2D eigenvalue weighted by molar-refractivity contribution is -0.938. The van der Waals surface area contributed by atoms with E-state index in [0.717, 1.165) is 32.0 Å². The van der Waals surface area contributed by atoms with Gasteiger partial charge < -0.3 is 14.5 Å². The van der Waals surface area contributed by atoms with Crippen molar-refractivity contribution < 1.29 is 28.0 Å². The van der Waals surface area contributed by atoms with Gasteiger partial charge in [-0.05, 0) is 23.8 Å². The highest BCUT2D eigenvalue weighted by Gasteiger charge is 2.49. The molecule has 190 valence electrons. The van der Waals surface area contributed by atoms with Crippen molar-refractivity contribution in [2.45, 2.75) is 25.0 Å². The standard InChI is InChI=1S/C30H29FN2O4/c31-25-13-7-12-24(18-25)29(35)32-28(23-10-5-2-6-11-23)30(36)37-27-20-33(16-14-22(27)15-17-33)19-26(34)21-8-3-1-4-9-21/h1-13,18,22,27-28H,14-17,19-20H2/p+1/t22?,27-,28?,33?/m0/s1.